The van der Waals surface area contributed by atoms with Crippen molar-refractivity contribution in [2.75, 3.05) is 0 Å². The van der Waals surface area contributed by atoms with E-state index in [-0.39, 0.29) is 11.6 Å². The fourth-order valence-electron chi connectivity index (χ4n) is 0.549. The van der Waals surface area contributed by atoms with Gasteiger partial charge in [0.2, 0.25) is 5.88 Å². The standard InChI is InChI=1S/C5H6N2O3/c8-4-3(5(9)10)6-1-2-7-4/h1-2,6-8H,(H,9,10). The van der Waals surface area contributed by atoms with Crippen molar-refractivity contribution in [1.29, 1.82) is 0 Å². The second kappa shape index (κ2) is 2.30. The zero-order valence-electron chi connectivity index (χ0n) is 4.96. The summed E-state index contributed by atoms with van der Waals surface area (Å²) in [6, 6.07) is 0. The van der Waals surface area contributed by atoms with Gasteiger partial charge in [0.1, 0.15) is 0 Å². The molecule has 1 rings (SSSR count). The number of carboxylic acid groups (broad SMARTS) is 1. The maximum Gasteiger partial charge on any atom is 0.357 e. The molecule has 0 radical (unpaired) electrons. The van der Waals surface area contributed by atoms with Crippen molar-refractivity contribution in [3.63, 3.8) is 0 Å². The van der Waals surface area contributed by atoms with Gasteiger partial charge in [-0.1, -0.05) is 0 Å². The first-order chi connectivity index (χ1) is 4.72. The summed E-state index contributed by atoms with van der Waals surface area (Å²) in [5, 5.41) is 21.8. The molecule has 0 spiro atoms. The van der Waals surface area contributed by atoms with Gasteiger partial charge in [-0.15, -0.1) is 0 Å². The molecule has 0 aromatic heterocycles. The molecular formula is C5H6N2O3. The van der Waals surface area contributed by atoms with E-state index in [0.29, 0.717) is 0 Å². The Morgan fingerprint density at radius 1 is 1.40 bits per heavy atom. The molecule has 0 fully saturated rings. The molecule has 0 aromatic carbocycles. The Hall–Kier alpha value is -1.65. The fourth-order valence-corrected chi connectivity index (χ4v) is 0.549. The molecule has 0 bridgehead atoms. The minimum atomic E-state index is -1.20. The molecule has 1 heterocycles. The molecule has 5 heteroatoms. The van der Waals surface area contributed by atoms with Gasteiger partial charge in [-0.05, 0) is 0 Å². The number of aliphatic hydroxyl groups excluding tert-OH is 1. The number of aliphatic carboxylic acids is 1. The van der Waals surface area contributed by atoms with Crippen LogP contribution in [0.4, 0.5) is 0 Å². The van der Waals surface area contributed by atoms with Gasteiger partial charge in [0, 0.05) is 12.4 Å². The number of aliphatic hydroxyl groups is 1. The van der Waals surface area contributed by atoms with E-state index in [2.05, 4.69) is 10.6 Å². The van der Waals surface area contributed by atoms with Crippen molar-refractivity contribution in [3.05, 3.63) is 24.0 Å². The Balaban J connectivity index is 2.81. The lowest BCUT2D eigenvalue weighted by atomic mass is 10.4. The van der Waals surface area contributed by atoms with Crippen molar-refractivity contribution in [1.82, 2.24) is 10.6 Å². The summed E-state index contributed by atoms with van der Waals surface area (Å²) in [4.78, 5) is 10.2. The van der Waals surface area contributed by atoms with E-state index in [4.69, 9.17) is 10.2 Å². The normalized spacial score (nSPS) is 16.0. The van der Waals surface area contributed by atoms with Crippen molar-refractivity contribution >= 4 is 5.97 Å². The summed E-state index contributed by atoms with van der Waals surface area (Å²) in [6.45, 7) is 0. The van der Waals surface area contributed by atoms with E-state index in [1.54, 1.807) is 0 Å². The number of nitrogens with one attached hydrogen (secondary N) is 2. The number of carboxylic acids is 1. The highest BCUT2D eigenvalue weighted by atomic mass is 16.4. The predicted molar refractivity (Wildman–Crippen MR) is 32.7 cm³/mol. The fraction of sp³-hybridized carbons (Fsp3) is 0. The minimum Gasteiger partial charge on any atom is -0.493 e. The van der Waals surface area contributed by atoms with E-state index in [1.165, 1.54) is 12.4 Å². The molecule has 4 N–H and O–H groups in total. The summed E-state index contributed by atoms with van der Waals surface area (Å²) < 4.78 is 0. The van der Waals surface area contributed by atoms with Gasteiger partial charge in [-0.3, -0.25) is 0 Å². The van der Waals surface area contributed by atoms with E-state index in [1.807, 2.05) is 0 Å². The van der Waals surface area contributed by atoms with Gasteiger partial charge in [0.05, 0.1) is 0 Å². The summed E-state index contributed by atoms with van der Waals surface area (Å²) in [5.41, 5.74) is -0.248. The van der Waals surface area contributed by atoms with Gasteiger partial charge in [0.15, 0.2) is 5.70 Å². The number of carbonyl (C=O) groups is 1. The van der Waals surface area contributed by atoms with E-state index >= 15 is 0 Å². The van der Waals surface area contributed by atoms with Crippen LogP contribution in [0.2, 0.25) is 0 Å². The monoisotopic (exact) mass is 142 g/mol. The van der Waals surface area contributed by atoms with Crippen LogP contribution in [-0.2, 0) is 4.79 Å². The maximum absolute atomic E-state index is 10.2. The lowest BCUT2D eigenvalue weighted by molar-refractivity contribution is -0.133. The first-order valence-corrected chi connectivity index (χ1v) is 2.56. The van der Waals surface area contributed by atoms with Crippen molar-refractivity contribution in [3.8, 4) is 0 Å². The Morgan fingerprint density at radius 2 is 2.00 bits per heavy atom. The van der Waals surface area contributed by atoms with Gasteiger partial charge < -0.3 is 20.8 Å². The maximum atomic E-state index is 10.2. The van der Waals surface area contributed by atoms with Crippen LogP contribution in [0.15, 0.2) is 24.0 Å². The van der Waals surface area contributed by atoms with Crippen LogP contribution in [0.1, 0.15) is 0 Å². The summed E-state index contributed by atoms with van der Waals surface area (Å²) in [5.74, 6) is -1.58. The topological polar surface area (TPSA) is 81.6 Å². The lowest BCUT2D eigenvalue weighted by Gasteiger charge is -2.09. The SMILES string of the molecule is O=C(O)C1=C(O)NC=CN1. The third-order valence-corrected chi connectivity index (χ3v) is 0.982. The number of hydrogen-bond acceptors (Lipinski definition) is 4. The summed E-state index contributed by atoms with van der Waals surface area (Å²) in [6.07, 6.45) is 2.77. The molecule has 0 unspecified atom stereocenters. The smallest absolute Gasteiger partial charge is 0.357 e. The molecule has 0 aromatic rings. The second-order valence-electron chi connectivity index (χ2n) is 1.65. The molecule has 1 aliphatic rings. The second-order valence-corrected chi connectivity index (χ2v) is 1.65. The highest BCUT2D eigenvalue weighted by Crippen LogP contribution is 1.98. The Bertz CT molecular complexity index is 219. The highest BCUT2D eigenvalue weighted by molar-refractivity contribution is 5.86. The molecule has 10 heavy (non-hydrogen) atoms. The Labute approximate surface area is 56.7 Å². The average Bonchev–Trinajstić information content (AvgIpc) is 1.88. The third-order valence-electron chi connectivity index (χ3n) is 0.982. The minimum absolute atomic E-state index is 0.248. The first kappa shape index (κ1) is 6.47. The van der Waals surface area contributed by atoms with E-state index in [0.717, 1.165) is 0 Å². The zero-order chi connectivity index (χ0) is 7.56. The zero-order valence-corrected chi connectivity index (χ0v) is 4.96. The van der Waals surface area contributed by atoms with Gasteiger partial charge in [0.25, 0.3) is 0 Å². The lowest BCUT2D eigenvalue weighted by Crippen LogP contribution is -2.26. The van der Waals surface area contributed by atoms with Gasteiger partial charge >= 0.3 is 5.97 Å². The van der Waals surface area contributed by atoms with Crippen LogP contribution in [-0.4, -0.2) is 16.2 Å². The van der Waals surface area contributed by atoms with Gasteiger partial charge in [-0.25, -0.2) is 4.79 Å². The van der Waals surface area contributed by atoms with Crippen molar-refractivity contribution in [2.24, 2.45) is 0 Å². The van der Waals surface area contributed by atoms with E-state index < -0.39 is 5.97 Å². The molecule has 5 nitrogen and oxygen atoms in total. The molecule has 0 saturated carbocycles. The highest BCUT2D eigenvalue weighted by Gasteiger charge is 2.13. The van der Waals surface area contributed by atoms with Crippen LogP contribution in [0.3, 0.4) is 0 Å². The summed E-state index contributed by atoms with van der Waals surface area (Å²) >= 11 is 0. The summed E-state index contributed by atoms with van der Waals surface area (Å²) in [7, 11) is 0. The average molecular weight is 142 g/mol. The number of rotatable bonds is 1. The van der Waals surface area contributed by atoms with Crippen molar-refractivity contribution in [2.45, 2.75) is 0 Å². The molecule has 54 valence electrons. The first-order valence-electron chi connectivity index (χ1n) is 2.56. The van der Waals surface area contributed by atoms with Crippen LogP contribution in [0.25, 0.3) is 0 Å². The molecular weight excluding hydrogens is 136 g/mol. The third kappa shape index (κ3) is 1.02. The Kier molecular flexibility index (Phi) is 1.49. The molecule has 0 atom stereocenters. The molecule has 0 amide bonds. The van der Waals surface area contributed by atoms with E-state index in [9.17, 15) is 4.79 Å². The van der Waals surface area contributed by atoms with Crippen LogP contribution < -0.4 is 10.6 Å². The Morgan fingerprint density at radius 3 is 2.40 bits per heavy atom. The molecule has 1 aliphatic heterocycles. The van der Waals surface area contributed by atoms with Crippen LogP contribution >= 0.6 is 0 Å². The van der Waals surface area contributed by atoms with Crippen LogP contribution in [0, 0.1) is 0 Å². The van der Waals surface area contributed by atoms with Crippen molar-refractivity contribution < 1.29 is 15.0 Å². The van der Waals surface area contributed by atoms with Crippen LogP contribution in [0.5, 0.6) is 0 Å². The van der Waals surface area contributed by atoms with Gasteiger partial charge in [-0.2, -0.15) is 0 Å². The quantitative estimate of drug-likeness (QED) is 0.395. The molecule has 0 saturated heterocycles. The molecule has 0 aliphatic carbocycles. The number of hydrogen-bond donors (Lipinski definition) is 4. The predicted octanol–water partition coefficient (Wildman–Crippen LogP) is -0.538. The largest absolute Gasteiger partial charge is 0.493 e.